The molecule has 1 aliphatic rings. The van der Waals surface area contributed by atoms with Crippen LogP contribution in [0.4, 0.5) is 10.6 Å². The van der Waals surface area contributed by atoms with Crippen molar-refractivity contribution in [3.8, 4) is 12.3 Å². The van der Waals surface area contributed by atoms with Gasteiger partial charge in [-0.1, -0.05) is 44.9 Å². The van der Waals surface area contributed by atoms with Gasteiger partial charge in [-0.2, -0.15) is 4.98 Å². The molecule has 3 heterocycles. The van der Waals surface area contributed by atoms with Crippen molar-refractivity contribution in [1.29, 1.82) is 0 Å². The highest BCUT2D eigenvalue weighted by Gasteiger charge is 2.39. The standard InChI is InChI=1S/C13H13ClN4O2.C9H18O3/c1-2-13(7-19)5-3-9(20-13)18-6-4-8-10(15)16-12(14)17-11(8)18;1-2-3-4-5-6-7-8-12-9(10)11/h1,4,6,9,19H,3,5,7H2,(H2,15,16,17);2-8H2,1H3,(H,10,11)/t9-,13+;/m1./s1. The van der Waals surface area contributed by atoms with Crippen LogP contribution in [0.25, 0.3) is 11.0 Å². The van der Waals surface area contributed by atoms with Crippen LogP contribution in [0.1, 0.15) is 64.5 Å². The van der Waals surface area contributed by atoms with Gasteiger partial charge in [-0.25, -0.2) is 9.78 Å². The predicted molar refractivity (Wildman–Crippen MR) is 122 cm³/mol. The summed E-state index contributed by atoms with van der Waals surface area (Å²) in [5.41, 5.74) is 5.48. The minimum absolute atomic E-state index is 0.0818. The number of nitrogens with zero attached hydrogens (tertiary/aromatic N) is 3. The second-order valence-electron chi connectivity index (χ2n) is 7.63. The van der Waals surface area contributed by atoms with Crippen LogP contribution in [0, 0.1) is 12.3 Å². The van der Waals surface area contributed by atoms with Crippen molar-refractivity contribution < 1.29 is 24.5 Å². The second kappa shape index (κ2) is 12.5. The molecular weight excluding hydrogens is 436 g/mol. The largest absolute Gasteiger partial charge is 0.505 e. The van der Waals surface area contributed by atoms with Crippen molar-refractivity contribution in [3.63, 3.8) is 0 Å². The molecule has 2 aromatic heterocycles. The zero-order chi connectivity index (χ0) is 23.6. The molecule has 0 unspecified atom stereocenters. The van der Waals surface area contributed by atoms with Gasteiger partial charge in [0.15, 0.2) is 5.60 Å². The molecular formula is C22H31ClN4O5. The van der Waals surface area contributed by atoms with Crippen molar-refractivity contribution in [2.45, 2.75) is 70.1 Å². The van der Waals surface area contributed by atoms with Crippen molar-refractivity contribution >= 4 is 34.6 Å². The Bertz CT molecular complexity index is 929. The first kappa shape index (κ1) is 25.7. The van der Waals surface area contributed by atoms with Crippen LogP contribution >= 0.6 is 11.6 Å². The van der Waals surface area contributed by atoms with Crippen LogP contribution in [-0.2, 0) is 9.47 Å². The third kappa shape index (κ3) is 6.99. The number of nitrogen functional groups attached to an aromatic ring is 1. The normalized spacial score (nSPS) is 19.9. The maximum absolute atomic E-state index is 9.91. The van der Waals surface area contributed by atoms with E-state index in [0.29, 0.717) is 36.3 Å². The van der Waals surface area contributed by atoms with E-state index in [-0.39, 0.29) is 18.1 Å². The van der Waals surface area contributed by atoms with E-state index in [4.69, 9.17) is 33.6 Å². The first-order valence-corrected chi connectivity index (χ1v) is 11.1. The molecule has 1 aliphatic heterocycles. The number of carbonyl (C=O) groups is 1. The van der Waals surface area contributed by atoms with Crippen molar-refractivity contribution in [2.24, 2.45) is 0 Å². The summed E-state index contributed by atoms with van der Waals surface area (Å²) in [7, 11) is 0. The van der Waals surface area contributed by atoms with Crippen molar-refractivity contribution in [2.75, 3.05) is 18.9 Å². The Morgan fingerprint density at radius 3 is 2.75 bits per heavy atom. The summed E-state index contributed by atoms with van der Waals surface area (Å²) in [5.74, 6) is 2.84. The van der Waals surface area contributed by atoms with E-state index < -0.39 is 11.8 Å². The summed E-state index contributed by atoms with van der Waals surface area (Å²) in [5, 5.41) is 18.3. The number of nitrogens with two attached hydrogens (primary N) is 1. The smallest absolute Gasteiger partial charge is 0.450 e. The number of halogens is 1. The molecule has 1 saturated heterocycles. The van der Waals surface area contributed by atoms with Crippen LogP contribution in [-0.4, -0.2) is 49.7 Å². The second-order valence-corrected chi connectivity index (χ2v) is 7.97. The summed E-state index contributed by atoms with van der Waals surface area (Å²) in [6.45, 7) is 2.31. The summed E-state index contributed by atoms with van der Waals surface area (Å²) in [6.07, 6.45) is 13.9. The predicted octanol–water partition coefficient (Wildman–Crippen LogP) is 4.38. The van der Waals surface area contributed by atoms with Crippen LogP contribution in [0.3, 0.4) is 0 Å². The van der Waals surface area contributed by atoms with Gasteiger partial charge in [0.2, 0.25) is 5.28 Å². The van der Waals surface area contributed by atoms with E-state index in [1.54, 1.807) is 12.3 Å². The first-order valence-electron chi connectivity index (χ1n) is 10.8. The van der Waals surface area contributed by atoms with Crippen LogP contribution in [0.15, 0.2) is 12.3 Å². The molecule has 176 valence electrons. The van der Waals surface area contributed by atoms with Gasteiger partial charge in [0, 0.05) is 6.20 Å². The number of ether oxygens (including phenoxy) is 2. The van der Waals surface area contributed by atoms with Crippen molar-refractivity contribution in [1.82, 2.24) is 14.5 Å². The average Bonchev–Trinajstić information content (AvgIpc) is 3.38. The zero-order valence-electron chi connectivity index (χ0n) is 18.3. The molecule has 0 radical (unpaired) electrons. The van der Waals surface area contributed by atoms with Crippen molar-refractivity contribution in [3.05, 3.63) is 17.5 Å². The number of hydrogen-bond acceptors (Lipinski definition) is 7. The third-order valence-corrected chi connectivity index (χ3v) is 5.45. The highest BCUT2D eigenvalue weighted by Crippen LogP contribution is 2.37. The number of aliphatic hydroxyl groups is 1. The number of carboxylic acid groups (broad SMARTS) is 1. The number of anilines is 1. The van der Waals surface area contributed by atoms with Gasteiger partial charge in [-0.15, -0.1) is 6.42 Å². The SMILES string of the molecule is C#C[C@@]1(CO)CC[C@H](n2ccc3c(N)nc(Cl)nc32)O1.CCCCCCCCOC(=O)O. The van der Waals surface area contributed by atoms with E-state index in [2.05, 4.69) is 27.5 Å². The molecule has 1 fully saturated rings. The monoisotopic (exact) mass is 466 g/mol. The van der Waals surface area contributed by atoms with Gasteiger partial charge < -0.3 is 30.0 Å². The highest BCUT2D eigenvalue weighted by atomic mass is 35.5. The Morgan fingerprint density at radius 1 is 1.41 bits per heavy atom. The first-order chi connectivity index (χ1) is 15.4. The molecule has 2 atom stereocenters. The molecule has 0 amide bonds. The number of aromatic nitrogens is 3. The molecule has 0 aromatic carbocycles. The fraction of sp³-hybridized carbons (Fsp3) is 0.591. The maximum Gasteiger partial charge on any atom is 0.505 e. The van der Waals surface area contributed by atoms with Gasteiger partial charge in [-0.3, -0.25) is 0 Å². The van der Waals surface area contributed by atoms with Gasteiger partial charge in [0.1, 0.15) is 17.7 Å². The van der Waals surface area contributed by atoms with Crippen LogP contribution < -0.4 is 5.73 Å². The number of fused-ring (bicyclic) bond motifs is 1. The molecule has 0 bridgehead atoms. The quantitative estimate of drug-likeness (QED) is 0.214. The number of rotatable bonds is 9. The molecule has 9 nitrogen and oxygen atoms in total. The Balaban J connectivity index is 0.000000262. The lowest BCUT2D eigenvalue weighted by atomic mass is 10.0. The number of terminal acetylenes is 1. The molecule has 2 aromatic rings. The van der Waals surface area contributed by atoms with Crippen LogP contribution in [0.2, 0.25) is 5.28 Å². The Labute approximate surface area is 192 Å². The number of hydrogen-bond donors (Lipinski definition) is 3. The molecule has 4 N–H and O–H groups in total. The summed E-state index contributed by atoms with van der Waals surface area (Å²) < 4.78 is 12.0. The van der Waals surface area contributed by atoms with Gasteiger partial charge in [-0.05, 0) is 36.9 Å². The molecule has 0 spiro atoms. The Hall–Kier alpha value is -2.54. The summed E-state index contributed by atoms with van der Waals surface area (Å²) in [4.78, 5) is 18.0. The lowest BCUT2D eigenvalue weighted by molar-refractivity contribution is -0.0615. The average molecular weight is 467 g/mol. The van der Waals surface area contributed by atoms with Crippen LogP contribution in [0.5, 0.6) is 0 Å². The zero-order valence-corrected chi connectivity index (χ0v) is 19.1. The lowest BCUT2D eigenvalue weighted by Crippen LogP contribution is -2.31. The minimum atomic E-state index is -1.16. The topological polar surface area (TPSA) is 133 Å². The number of aliphatic hydroxyl groups excluding tert-OH is 1. The fourth-order valence-electron chi connectivity index (χ4n) is 3.50. The Kier molecular flexibility index (Phi) is 10.0. The third-order valence-electron chi connectivity index (χ3n) is 5.28. The fourth-order valence-corrected chi connectivity index (χ4v) is 3.67. The molecule has 0 saturated carbocycles. The number of unbranched alkanes of at least 4 members (excludes halogenated alkanes) is 5. The van der Waals surface area contributed by atoms with E-state index in [0.717, 1.165) is 12.8 Å². The van der Waals surface area contributed by atoms with Gasteiger partial charge in [0.05, 0.1) is 18.6 Å². The lowest BCUT2D eigenvalue weighted by Gasteiger charge is -2.21. The highest BCUT2D eigenvalue weighted by molar-refractivity contribution is 6.28. The molecule has 32 heavy (non-hydrogen) atoms. The van der Waals surface area contributed by atoms with E-state index in [9.17, 15) is 9.90 Å². The van der Waals surface area contributed by atoms with E-state index in [1.165, 1.54) is 25.7 Å². The van der Waals surface area contributed by atoms with Gasteiger partial charge in [0.25, 0.3) is 0 Å². The summed E-state index contributed by atoms with van der Waals surface area (Å²) >= 11 is 5.84. The van der Waals surface area contributed by atoms with E-state index >= 15 is 0 Å². The minimum Gasteiger partial charge on any atom is -0.450 e. The summed E-state index contributed by atoms with van der Waals surface area (Å²) in [6, 6.07) is 1.80. The Morgan fingerprint density at radius 2 is 2.12 bits per heavy atom. The maximum atomic E-state index is 9.91. The molecule has 10 heteroatoms. The van der Waals surface area contributed by atoms with Gasteiger partial charge >= 0.3 is 6.16 Å². The molecule has 0 aliphatic carbocycles. The van der Waals surface area contributed by atoms with E-state index in [1.807, 2.05) is 4.57 Å². The molecule has 3 rings (SSSR count).